The van der Waals surface area contributed by atoms with Gasteiger partial charge in [0.15, 0.2) is 5.11 Å². The van der Waals surface area contributed by atoms with Crippen LogP contribution in [0.1, 0.15) is 23.7 Å². The van der Waals surface area contributed by atoms with Gasteiger partial charge in [-0.05, 0) is 36.8 Å². The van der Waals surface area contributed by atoms with Gasteiger partial charge in [0.25, 0.3) is 0 Å². The summed E-state index contributed by atoms with van der Waals surface area (Å²) in [7, 11) is 0. The highest BCUT2D eigenvalue weighted by atomic mass is 32.1. The maximum atomic E-state index is 11.9. The summed E-state index contributed by atoms with van der Waals surface area (Å²) in [6.45, 7) is 1.71. The third-order valence-corrected chi connectivity index (χ3v) is 2.65. The molecule has 5 N–H and O–H groups in total. The lowest BCUT2D eigenvalue weighted by Gasteiger charge is -2.14. The summed E-state index contributed by atoms with van der Waals surface area (Å²) in [6.07, 6.45) is -0.277. The van der Waals surface area contributed by atoms with Gasteiger partial charge in [0.2, 0.25) is 0 Å². The van der Waals surface area contributed by atoms with Crippen LogP contribution >= 0.6 is 12.2 Å². The van der Waals surface area contributed by atoms with E-state index in [0.717, 1.165) is 6.42 Å². The van der Waals surface area contributed by atoms with E-state index in [1.807, 2.05) is 6.92 Å². The monoisotopic (exact) mass is 328 g/mol. The van der Waals surface area contributed by atoms with Gasteiger partial charge in [-0.2, -0.15) is 0 Å². The first kappa shape index (κ1) is 18.1. The van der Waals surface area contributed by atoms with Crippen LogP contribution in [0.4, 0.5) is 5.69 Å². The van der Waals surface area contributed by atoms with Crippen LogP contribution in [-0.4, -0.2) is 47.2 Å². The molecular formula is C14H20N2O5S. The van der Waals surface area contributed by atoms with Gasteiger partial charge in [-0.25, -0.2) is 4.79 Å². The molecule has 1 atom stereocenters. The van der Waals surface area contributed by atoms with Crippen LogP contribution in [0.2, 0.25) is 0 Å². The third kappa shape index (κ3) is 5.84. The van der Waals surface area contributed by atoms with E-state index in [9.17, 15) is 9.90 Å². The molecule has 22 heavy (non-hydrogen) atoms. The lowest BCUT2D eigenvalue weighted by atomic mass is 10.2. The summed E-state index contributed by atoms with van der Waals surface area (Å²) in [4.78, 5) is 11.9. The van der Waals surface area contributed by atoms with E-state index >= 15 is 0 Å². The first-order valence-corrected chi connectivity index (χ1v) is 7.18. The molecule has 8 heteroatoms. The van der Waals surface area contributed by atoms with E-state index in [1.54, 1.807) is 6.07 Å². The summed E-state index contributed by atoms with van der Waals surface area (Å²) >= 11 is 4.79. The molecule has 0 saturated heterocycles. The Morgan fingerprint density at radius 1 is 1.50 bits per heavy atom. The van der Waals surface area contributed by atoms with Crippen LogP contribution < -0.4 is 15.8 Å². The normalized spacial score (nSPS) is 11.6. The SMILES string of the molecule is CCCOc1ccc(C(=O)OCC(O)CO)cc1NC(N)=S. The van der Waals surface area contributed by atoms with E-state index in [1.165, 1.54) is 12.1 Å². The minimum absolute atomic E-state index is 0.0440. The number of nitrogens with two attached hydrogens (primary N) is 1. The Hall–Kier alpha value is -1.90. The molecule has 122 valence electrons. The Kier molecular flexibility index (Phi) is 7.58. The van der Waals surface area contributed by atoms with E-state index in [2.05, 4.69) is 5.32 Å². The van der Waals surface area contributed by atoms with Crippen molar-refractivity contribution in [3.8, 4) is 5.75 Å². The van der Waals surface area contributed by atoms with Gasteiger partial charge in [-0.1, -0.05) is 6.92 Å². The number of anilines is 1. The molecule has 0 aliphatic carbocycles. The van der Waals surface area contributed by atoms with Crippen molar-refractivity contribution in [2.75, 3.05) is 25.1 Å². The topological polar surface area (TPSA) is 114 Å². The molecule has 0 aromatic heterocycles. The largest absolute Gasteiger partial charge is 0.491 e. The number of benzene rings is 1. The van der Waals surface area contributed by atoms with Crippen LogP contribution in [0.25, 0.3) is 0 Å². The number of carbonyl (C=O) groups excluding carboxylic acids is 1. The summed E-state index contributed by atoms with van der Waals surface area (Å²) in [5.41, 5.74) is 6.15. The summed E-state index contributed by atoms with van der Waals surface area (Å²) in [6, 6.07) is 4.64. The van der Waals surface area contributed by atoms with Crippen molar-refractivity contribution in [1.82, 2.24) is 0 Å². The van der Waals surface area contributed by atoms with E-state index < -0.39 is 18.7 Å². The lowest BCUT2D eigenvalue weighted by Crippen LogP contribution is -2.22. The molecule has 1 aromatic rings. The van der Waals surface area contributed by atoms with Crippen LogP contribution in [0.5, 0.6) is 5.75 Å². The number of nitrogens with one attached hydrogen (secondary N) is 1. The van der Waals surface area contributed by atoms with Crippen molar-refractivity contribution in [2.24, 2.45) is 5.73 Å². The van der Waals surface area contributed by atoms with Gasteiger partial charge in [0.1, 0.15) is 18.5 Å². The highest BCUT2D eigenvalue weighted by Crippen LogP contribution is 2.26. The Morgan fingerprint density at radius 2 is 2.23 bits per heavy atom. The molecule has 0 saturated carbocycles. The number of ether oxygens (including phenoxy) is 2. The Labute approximate surface area is 134 Å². The molecule has 0 radical (unpaired) electrons. The first-order valence-electron chi connectivity index (χ1n) is 6.77. The van der Waals surface area contributed by atoms with Crippen molar-refractivity contribution in [3.63, 3.8) is 0 Å². The van der Waals surface area contributed by atoms with Gasteiger partial charge >= 0.3 is 5.97 Å². The Balaban J connectivity index is 2.87. The number of thiocarbonyl (C=S) groups is 1. The number of aliphatic hydroxyl groups excluding tert-OH is 2. The molecule has 0 fully saturated rings. The fraction of sp³-hybridized carbons (Fsp3) is 0.429. The zero-order valence-corrected chi connectivity index (χ0v) is 13.1. The van der Waals surface area contributed by atoms with Crippen LogP contribution in [0.15, 0.2) is 18.2 Å². The van der Waals surface area contributed by atoms with Crippen LogP contribution in [0, 0.1) is 0 Å². The molecule has 1 aromatic carbocycles. The molecule has 0 spiro atoms. The predicted molar refractivity (Wildman–Crippen MR) is 86.0 cm³/mol. The first-order chi connectivity index (χ1) is 10.5. The zero-order chi connectivity index (χ0) is 16.5. The molecule has 0 bridgehead atoms. The van der Waals surface area contributed by atoms with Gasteiger partial charge < -0.3 is 30.7 Å². The second-order valence-corrected chi connectivity index (χ2v) is 4.92. The molecule has 0 aliphatic heterocycles. The van der Waals surface area contributed by atoms with E-state index in [0.29, 0.717) is 18.0 Å². The number of aliphatic hydroxyl groups is 2. The van der Waals surface area contributed by atoms with E-state index in [4.69, 9.17) is 32.5 Å². The van der Waals surface area contributed by atoms with Gasteiger partial charge in [0, 0.05) is 0 Å². The van der Waals surface area contributed by atoms with Crippen molar-refractivity contribution >= 4 is 29.0 Å². The second-order valence-electron chi connectivity index (χ2n) is 4.48. The van der Waals surface area contributed by atoms with Gasteiger partial charge in [-0.15, -0.1) is 0 Å². The maximum Gasteiger partial charge on any atom is 0.338 e. The van der Waals surface area contributed by atoms with Crippen LogP contribution in [0.3, 0.4) is 0 Å². The number of hydrogen-bond acceptors (Lipinski definition) is 6. The third-order valence-electron chi connectivity index (χ3n) is 2.55. The highest BCUT2D eigenvalue weighted by Gasteiger charge is 2.14. The fourth-order valence-corrected chi connectivity index (χ4v) is 1.64. The van der Waals surface area contributed by atoms with Crippen LogP contribution in [-0.2, 0) is 4.74 Å². The molecule has 0 heterocycles. The maximum absolute atomic E-state index is 11.9. The average Bonchev–Trinajstić information content (AvgIpc) is 2.50. The smallest absolute Gasteiger partial charge is 0.338 e. The summed E-state index contributed by atoms with van der Waals surface area (Å²) in [5, 5.41) is 20.6. The Bertz CT molecular complexity index is 524. The van der Waals surface area contributed by atoms with Crippen molar-refractivity contribution in [2.45, 2.75) is 19.4 Å². The Morgan fingerprint density at radius 3 is 2.82 bits per heavy atom. The lowest BCUT2D eigenvalue weighted by molar-refractivity contribution is 0.00933. The van der Waals surface area contributed by atoms with Gasteiger partial charge in [0.05, 0.1) is 24.5 Å². The van der Waals surface area contributed by atoms with Crippen molar-refractivity contribution < 1.29 is 24.5 Å². The minimum Gasteiger partial charge on any atom is -0.491 e. The zero-order valence-electron chi connectivity index (χ0n) is 12.2. The van der Waals surface area contributed by atoms with Crippen molar-refractivity contribution in [1.29, 1.82) is 0 Å². The molecule has 0 aliphatic rings. The quantitative estimate of drug-likeness (QED) is 0.406. The molecule has 0 amide bonds. The molecule has 7 nitrogen and oxygen atoms in total. The number of rotatable bonds is 8. The van der Waals surface area contributed by atoms with Gasteiger partial charge in [-0.3, -0.25) is 0 Å². The standard InChI is InChI=1S/C14H20N2O5S/c1-2-5-20-12-4-3-9(6-11(12)16-14(15)22)13(19)21-8-10(18)7-17/h3-4,6,10,17-18H,2,5,7-8H2,1H3,(H3,15,16,22). The minimum atomic E-state index is -1.11. The molecular weight excluding hydrogens is 308 g/mol. The van der Waals surface area contributed by atoms with Crippen molar-refractivity contribution in [3.05, 3.63) is 23.8 Å². The average molecular weight is 328 g/mol. The summed E-state index contributed by atoms with van der Waals surface area (Å²) in [5.74, 6) is -0.123. The number of hydrogen-bond donors (Lipinski definition) is 4. The number of esters is 1. The van der Waals surface area contributed by atoms with E-state index in [-0.39, 0.29) is 17.3 Å². The predicted octanol–water partition coefficient (Wildman–Crippen LogP) is 0.641. The second kappa shape index (κ2) is 9.19. The molecule has 1 rings (SSSR count). The summed E-state index contributed by atoms with van der Waals surface area (Å²) < 4.78 is 10.4. The number of carbonyl (C=O) groups is 1. The highest BCUT2D eigenvalue weighted by molar-refractivity contribution is 7.80. The molecule has 1 unspecified atom stereocenters. The fourth-order valence-electron chi connectivity index (χ4n) is 1.53.